The zero-order valence-corrected chi connectivity index (χ0v) is 11.1. The number of nitrogens with two attached hydrogens (primary N) is 1. The fourth-order valence-corrected chi connectivity index (χ4v) is 2.56. The third-order valence-electron chi connectivity index (χ3n) is 3.75. The van der Waals surface area contributed by atoms with Gasteiger partial charge in [0.15, 0.2) is 0 Å². The zero-order chi connectivity index (χ0) is 13.2. The van der Waals surface area contributed by atoms with Crippen molar-refractivity contribution in [1.29, 1.82) is 0 Å². The Labute approximate surface area is 108 Å². The van der Waals surface area contributed by atoms with Crippen LogP contribution in [0.25, 0.3) is 0 Å². The van der Waals surface area contributed by atoms with Gasteiger partial charge >= 0.3 is 0 Å². The van der Waals surface area contributed by atoms with Crippen molar-refractivity contribution in [2.24, 2.45) is 11.1 Å². The minimum absolute atomic E-state index is 0.0256. The van der Waals surface area contributed by atoms with Crippen molar-refractivity contribution in [1.82, 2.24) is 4.98 Å². The number of hydrogen-bond donors (Lipinski definition) is 2. The van der Waals surface area contributed by atoms with Crippen LogP contribution in [0.4, 0.5) is 5.82 Å². The fraction of sp³-hybridized carbons (Fsp3) is 0.571. The van der Waals surface area contributed by atoms with Crippen LogP contribution in [-0.4, -0.2) is 17.4 Å². The number of pyridine rings is 1. The van der Waals surface area contributed by atoms with Crippen LogP contribution in [-0.2, 0) is 4.79 Å². The average molecular weight is 247 g/mol. The SMILES string of the molecule is Cc1cc(C)nc(NC(=O)CC2(CN)CCC2)c1. The molecule has 1 aliphatic carbocycles. The van der Waals surface area contributed by atoms with Gasteiger partial charge in [-0.2, -0.15) is 0 Å². The van der Waals surface area contributed by atoms with E-state index in [0.717, 1.165) is 24.1 Å². The van der Waals surface area contributed by atoms with Crippen molar-refractivity contribution in [3.05, 3.63) is 23.4 Å². The van der Waals surface area contributed by atoms with Crippen molar-refractivity contribution >= 4 is 11.7 Å². The molecule has 1 amide bonds. The molecule has 18 heavy (non-hydrogen) atoms. The molecule has 2 rings (SSSR count). The van der Waals surface area contributed by atoms with Crippen LogP contribution in [0.1, 0.15) is 36.9 Å². The topological polar surface area (TPSA) is 68.0 Å². The Kier molecular flexibility index (Phi) is 3.66. The molecule has 1 fully saturated rings. The maximum absolute atomic E-state index is 12.0. The summed E-state index contributed by atoms with van der Waals surface area (Å²) in [5.41, 5.74) is 7.83. The van der Waals surface area contributed by atoms with Crippen LogP contribution in [0.3, 0.4) is 0 Å². The Morgan fingerprint density at radius 3 is 2.67 bits per heavy atom. The molecule has 98 valence electrons. The Morgan fingerprint density at radius 2 is 2.17 bits per heavy atom. The molecule has 4 nitrogen and oxygen atoms in total. The van der Waals surface area contributed by atoms with Crippen LogP contribution in [0, 0.1) is 19.3 Å². The fourth-order valence-electron chi connectivity index (χ4n) is 2.56. The summed E-state index contributed by atoms with van der Waals surface area (Å²) in [7, 11) is 0. The molecule has 3 N–H and O–H groups in total. The molecule has 1 heterocycles. The minimum Gasteiger partial charge on any atom is -0.330 e. The first-order valence-electron chi connectivity index (χ1n) is 6.48. The van der Waals surface area contributed by atoms with Crippen LogP contribution in [0.15, 0.2) is 12.1 Å². The van der Waals surface area contributed by atoms with E-state index in [2.05, 4.69) is 10.3 Å². The number of carbonyl (C=O) groups excluding carboxylic acids is 1. The molecule has 0 atom stereocenters. The summed E-state index contributed by atoms with van der Waals surface area (Å²) in [6, 6.07) is 3.88. The number of nitrogens with one attached hydrogen (secondary N) is 1. The van der Waals surface area contributed by atoms with Crippen LogP contribution in [0.5, 0.6) is 0 Å². The lowest BCUT2D eigenvalue weighted by molar-refractivity contribution is -0.119. The molecule has 1 aromatic rings. The molecule has 0 bridgehead atoms. The van der Waals surface area contributed by atoms with E-state index < -0.39 is 0 Å². The van der Waals surface area contributed by atoms with Gasteiger partial charge in [-0.05, 0) is 56.3 Å². The number of carbonyl (C=O) groups is 1. The Bertz CT molecular complexity index is 427. The molecular weight excluding hydrogens is 226 g/mol. The van der Waals surface area contributed by atoms with Gasteiger partial charge in [0.2, 0.25) is 5.91 Å². The van der Waals surface area contributed by atoms with E-state index in [1.54, 1.807) is 0 Å². The number of aryl methyl sites for hydroxylation is 2. The van der Waals surface area contributed by atoms with Gasteiger partial charge in [-0.1, -0.05) is 6.42 Å². The van der Waals surface area contributed by atoms with E-state index >= 15 is 0 Å². The standard InChI is InChI=1S/C14H21N3O/c1-10-6-11(2)16-12(7-10)17-13(18)8-14(9-15)4-3-5-14/h6-7H,3-5,8-9,15H2,1-2H3,(H,16,17,18). The van der Waals surface area contributed by atoms with E-state index in [-0.39, 0.29) is 11.3 Å². The normalized spacial score (nSPS) is 17.1. The summed E-state index contributed by atoms with van der Waals surface area (Å²) in [4.78, 5) is 16.3. The minimum atomic E-state index is 0.0256. The molecule has 0 unspecified atom stereocenters. The van der Waals surface area contributed by atoms with Crippen molar-refractivity contribution in [2.45, 2.75) is 39.5 Å². The maximum atomic E-state index is 12.0. The highest BCUT2D eigenvalue weighted by atomic mass is 16.1. The predicted molar refractivity (Wildman–Crippen MR) is 72.3 cm³/mol. The number of rotatable bonds is 4. The first-order valence-corrected chi connectivity index (χ1v) is 6.48. The number of anilines is 1. The van der Waals surface area contributed by atoms with Crippen LogP contribution in [0.2, 0.25) is 0 Å². The Balaban J connectivity index is 1.98. The van der Waals surface area contributed by atoms with E-state index in [0.29, 0.717) is 18.8 Å². The number of nitrogens with zero attached hydrogens (tertiary/aromatic N) is 1. The molecular formula is C14H21N3O. The van der Waals surface area contributed by atoms with Crippen molar-refractivity contribution in [3.63, 3.8) is 0 Å². The number of amides is 1. The van der Waals surface area contributed by atoms with Crippen molar-refractivity contribution in [3.8, 4) is 0 Å². The second kappa shape index (κ2) is 5.06. The number of hydrogen-bond acceptors (Lipinski definition) is 3. The second-order valence-electron chi connectivity index (χ2n) is 5.45. The summed E-state index contributed by atoms with van der Waals surface area (Å²) in [6.07, 6.45) is 3.83. The molecule has 4 heteroatoms. The van der Waals surface area contributed by atoms with Gasteiger partial charge in [-0.25, -0.2) is 4.98 Å². The molecule has 0 aliphatic heterocycles. The Morgan fingerprint density at radius 1 is 1.44 bits per heavy atom. The van der Waals surface area contributed by atoms with Crippen LogP contribution < -0.4 is 11.1 Å². The van der Waals surface area contributed by atoms with Gasteiger partial charge in [-0.3, -0.25) is 4.79 Å². The van der Waals surface area contributed by atoms with E-state index in [4.69, 9.17) is 5.73 Å². The molecule has 1 saturated carbocycles. The third-order valence-corrected chi connectivity index (χ3v) is 3.75. The molecule has 1 aromatic heterocycles. The van der Waals surface area contributed by atoms with E-state index in [1.165, 1.54) is 6.42 Å². The van der Waals surface area contributed by atoms with Gasteiger partial charge < -0.3 is 11.1 Å². The second-order valence-corrected chi connectivity index (χ2v) is 5.45. The largest absolute Gasteiger partial charge is 0.330 e. The monoisotopic (exact) mass is 247 g/mol. The summed E-state index contributed by atoms with van der Waals surface area (Å²) < 4.78 is 0. The van der Waals surface area contributed by atoms with Gasteiger partial charge in [0.1, 0.15) is 5.82 Å². The van der Waals surface area contributed by atoms with Crippen molar-refractivity contribution in [2.75, 3.05) is 11.9 Å². The van der Waals surface area contributed by atoms with Crippen molar-refractivity contribution < 1.29 is 4.79 Å². The average Bonchev–Trinajstić information content (AvgIpc) is 2.21. The smallest absolute Gasteiger partial charge is 0.226 e. The molecule has 1 aliphatic rings. The van der Waals surface area contributed by atoms with E-state index in [1.807, 2.05) is 26.0 Å². The third kappa shape index (κ3) is 2.88. The van der Waals surface area contributed by atoms with Gasteiger partial charge in [0, 0.05) is 12.1 Å². The highest BCUT2D eigenvalue weighted by molar-refractivity contribution is 5.90. The van der Waals surface area contributed by atoms with Crippen LogP contribution >= 0.6 is 0 Å². The summed E-state index contributed by atoms with van der Waals surface area (Å²) >= 11 is 0. The predicted octanol–water partition coefficient (Wildman–Crippen LogP) is 2.16. The molecule has 0 saturated heterocycles. The highest BCUT2D eigenvalue weighted by Crippen LogP contribution is 2.42. The summed E-state index contributed by atoms with van der Waals surface area (Å²) in [6.45, 7) is 4.52. The molecule has 0 radical (unpaired) electrons. The van der Waals surface area contributed by atoms with Gasteiger partial charge in [0.25, 0.3) is 0 Å². The lowest BCUT2D eigenvalue weighted by Gasteiger charge is -2.40. The summed E-state index contributed by atoms with van der Waals surface area (Å²) in [5.74, 6) is 0.668. The molecule has 0 aromatic carbocycles. The first-order chi connectivity index (χ1) is 8.53. The van der Waals surface area contributed by atoms with E-state index in [9.17, 15) is 4.79 Å². The highest BCUT2D eigenvalue weighted by Gasteiger charge is 2.37. The lowest BCUT2D eigenvalue weighted by atomic mass is 9.66. The van der Waals surface area contributed by atoms with Gasteiger partial charge in [0.05, 0.1) is 0 Å². The molecule has 0 spiro atoms. The first kappa shape index (κ1) is 13.0. The number of aromatic nitrogens is 1. The quantitative estimate of drug-likeness (QED) is 0.856. The van der Waals surface area contributed by atoms with Gasteiger partial charge in [-0.15, -0.1) is 0 Å². The lowest BCUT2D eigenvalue weighted by Crippen LogP contribution is -2.40. The Hall–Kier alpha value is -1.42. The summed E-state index contributed by atoms with van der Waals surface area (Å²) in [5, 5.41) is 2.88. The zero-order valence-electron chi connectivity index (χ0n) is 11.1. The maximum Gasteiger partial charge on any atom is 0.226 e.